The highest BCUT2D eigenvalue weighted by Crippen LogP contribution is 2.57. The van der Waals surface area contributed by atoms with Crippen molar-refractivity contribution in [2.24, 2.45) is 5.73 Å². The number of rotatable bonds is 5. The first-order valence-corrected chi connectivity index (χ1v) is 12.3. The Morgan fingerprint density at radius 3 is 1.85 bits per heavy atom. The third kappa shape index (κ3) is 2.85. The monoisotopic (exact) mass is 527 g/mol. The molecule has 5 aromatic rings. The fourth-order valence-corrected chi connectivity index (χ4v) is 6.54. The van der Waals surface area contributed by atoms with E-state index >= 15 is 0 Å². The fraction of sp³-hybridized carbons (Fsp3) is 0.233. The molecule has 1 aliphatic carbocycles. The number of phenols is 2. The molecule has 1 aliphatic rings. The van der Waals surface area contributed by atoms with Crippen LogP contribution in [0.25, 0.3) is 49.2 Å². The molecule has 5 aromatic carbocycles. The summed E-state index contributed by atoms with van der Waals surface area (Å²) in [7, 11) is 4.18. The van der Waals surface area contributed by atoms with Gasteiger partial charge in [-0.1, -0.05) is 11.6 Å². The summed E-state index contributed by atoms with van der Waals surface area (Å²) in [6, 6.07) is 2.52. The number of carbonyl (C=O) groups is 1. The van der Waals surface area contributed by atoms with E-state index in [1.807, 2.05) is 0 Å². The van der Waals surface area contributed by atoms with E-state index < -0.39 is 22.5 Å². The number of Topliss-reactive ketones (excluding diaryl/α,β-unsaturated/α-hetero) is 1. The highest BCUT2D eigenvalue weighted by molar-refractivity contribution is 6.39. The van der Waals surface area contributed by atoms with Gasteiger partial charge in [-0.25, -0.2) is 0 Å². The molecule has 0 spiro atoms. The quantitative estimate of drug-likeness (QED) is 0.229. The first-order chi connectivity index (χ1) is 18.6. The van der Waals surface area contributed by atoms with Gasteiger partial charge in [-0.2, -0.15) is 0 Å². The van der Waals surface area contributed by atoms with Gasteiger partial charge in [-0.3, -0.25) is 14.4 Å². The van der Waals surface area contributed by atoms with E-state index in [2.05, 4.69) is 0 Å². The average molecular weight is 528 g/mol. The topological polar surface area (TPSA) is 145 Å². The van der Waals surface area contributed by atoms with Gasteiger partial charge >= 0.3 is 0 Å². The summed E-state index contributed by atoms with van der Waals surface area (Å²) >= 11 is 0. The number of allylic oxidation sites excluding steroid dienone is 1. The normalized spacial score (nSPS) is 14.9. The maximum Gasteiger partial charge on any atom is 0.194 e. The lowest BCUT2D eigenvalue weighted by atomic mass is 9.80. The minimum absolute atomic E-state index is 0.0178. The smallest absolute Gasteiger partial charge is 0.194 e. The van der Waals surface area contributed by atoms with Gasteiger partial charge in [0.15, 0.2) is 22.4 Å². The third-order valence-electron chi connectivity index (χ3n) is 7.96. The van der Waals surface area contributed by atoms with E-state index in [1.54, 1.807) is 13.0 Å². The number of hydrogen-bond donors (Lipinski definition) is 3. The van der Waals surface area contributed by atoms with E-state index in [0.717, 1.165) is 0 Å². The molecule has 0 heterocycles. The zero-order chi connectivity index (χ0) is 28.1. The van der Waals surface area contributed by atoms with Crippen molar-refractivity contribution in [3.63, 3.8) is 0 Å². The number of benzene rings is 5. The highest BCUT2D eigenvalue weighted by atomic mass is 16.5. The zero-order valence-electron chi connectivity index (χ0n) is 21.9. The minimum Gasteiger partial charge on any atom is -0.507 e. The molecule has 9 heteroatoms. The molecule has 9 nitrogen and oxygen atoms in total. The van der Waals surface area contributed by atoms with Crippen LogP contribution in [0.2, 0.25) is 0 Å². The predicted molar refractivity (Wildman–Crippen MR) is 149 cm³/mol. The van der Waals surface area contributed by atoms with Gasteiger partial charge in [-0.15, -0.1) is 0 Å². The van der Waals surface area contributed by atoms with Crippen LogP contribution in [-0.2, 0) is 11.3 Å². The van der Waals surface area contributed by atoms with Crippen molar-refractivity contribution in [3.05, 3.63) is 54.8 Å². The molecule has 0 amide bonds. The first kappa shape index (κ1) is 24.7. The number of phenolic OH excluding ortho intramolecular Hbond substituents is 2. The van der Waals surface area contributed by atoms with Gasteiger partial charge in [-0.05, 0) is 30.2 Å². The van der Waals surface area contributed by atoms with Crippen LogP contribution in [0.1, 0.15) is 36.5 Å². The van der Waals surface area contributed by atoms with E-state index in [1.165, 1.54) is 40.4 Å². The molecular weight excluding hydrogens is 502 g/mol. The van der Waals surface area contributed by atoms with Crippen molar-refractivity contribution >= 4 is 54.9 Å². The number of aromatic hydroxyl groups is 2. The molecule has 1 unspecified atom stereocenters. The van der Waals surface area contributed by atoms with Crippen LogP contribution in [0.15, 0.2) is 27.3 Å². The van der Waals surface area contributed by atoms with Crippen molar-refractivity contribution in [1.29, 1.82) is 0 Å². The van der Waals surface area contributed by atoms with Crippen LogP contribution < -0.4 is 30.8 Å². The molecule has 4 N–H and O–H groups in total. The second-order valence-electron chi connectivity index (χ2n) is 9.83. The SMILES string of the molecule is COc1c(O)c2c(=O)cc(OC)c3c4c(OC)cc(=O)c5c(O)c(CN)c6c(c(c1C(C(C)=O)C(C)=C6)c23)c54. The molecule has 0 aliphatic heterocycles. The van der Waals surface area contributed by atoms with Crippen molar-refractivity contribution < 1.29 is 29.2 Å². The summed E-state index contributed by atoms with van der Waals surface area (Å²) in [4.78, 5) is 40.2. The number of ketones is 1. The Balaban J connectivity index is 2.21. The van der Waals surface area contributed by atoms with Gasteiger partial charge in [0.2, 0.25) is 0 Å². The standard InChI is InChI=1S/C30H25NO8/c1-10-6-12-13(9-31)28(35)20-14(33)7-16(37-3)22-23-17(38-4)8-15(34)21-26(23)25(19(12)24(20)22)27(18(10)11(2)32)30(39-5)29(21)36/h6-8,18,35-36H,9,31H2,1-5H3. The summed E-state index contributed by atoms with van der Waals surface area (Å²) in [5.41, 5.74) is 6.92. The molecule has 0 saturated heterocycles. The van der Waals surface area contributed by atoms with Crippen molar-refractivity contribution in [2.45, 2.75) is 26.3 Å². The van der Waals surface area contributed by atoms with Crippen LogP contribution in [0.5, 0.6) is 28.7 Å². The first-order valence-electron chi connectivity index (χ1n) is 12.3. The van der Waals surface area contributed by atoms with Crippen LogP contribution in [0.4, 0.5) is 0 Å². The van der Waals surface area contributed by atoms with E-state index in [0.29, 0.717) is 54.6 Å². The summed E-state index contributed by atoms with van der Waals surface area (Å²) in [5, 5.41) is 25.4. The second kappa shape index (κ2) is 8.18. The molecule has 39 heavy (non-hydrogen) atoms. The average Bonchev–Trinajstić information content (AvgIpc) is 3.02. The highest BCUT2D eigenvalue weighted by Gasteiger charge is 2.37. The maximum absolute atomic E-state index is 13.5. The summed E-state index contributed by atoms with van der Waals surface area (Å²) in [6.45, 7) is 3.09. The summed E-state index contributed by atoms with van der Waals surface area (Å²) in [6.07, 6.45) is 1.77. The van der Waals surface area contributed by atoms with E-state index in [9.17, 15) is 24.6 Å². The summed E-state index contributed by atoms with van der Waals surface area (Å²) in [5.74, 6) is -1.41. The van der Waals surface area contributed by atoms with Gasteiger partial charge < -0.3 is 30.2 Å². The molecule has 1 atom stereocenters. The van der Waals surface area contributed by atoms with Gasteiger partial charge in [0.05, 0.1) is 38.0 Å². The van der Waals surface area contributed by atoms with Gasteiger partial charge in [0.1, 0.15) is 23.0 Å². The van der Waals surface area contributed by atoms with E-state index in [-0.39, 0.29) is 46.1 Å². The predicted octanol–water partition coefficient (Wildman–Crippen LogP) is 3.88. The molecule has 0 fully saturated rings. The Morgan fingerprint density at radius 1 is 0.821 bits per heavy atom. The molecule has 0 saturated carbocycles. The summed E-state index contributed by atoms with van der Waals surface area (Å²) < 4.78 is 17.0. The minimum atomic E-state index is -0.867. The van der Waals surface area contributed by atoms with Crippen LogP contribution in [0, 0.1) is 0 Å². The van der Waals surface area contributed by atoms with Gasteiger partial charge in [0.25, 0.3) is 0 Å². The van der Waals surface area contributed by atoms with Crippen LogP contribution >= 0.6 is 0 Å². The molecule has 0 bridgehead atoms. The molecular formula is C30H25NO8. The number of fused-ring (bicyclic) bond motifs is 1. The zero-order valence-corrected chi connectivity index (χ0v) is 21.9. The third-order valence-corrected chi connectivity index (χ3v) is 7.96. The largest absolute Gasteiger partial charge is 0.507 e. The Labute approximate surface area is 221 Å². The number of nitrogens with two attached hydrogens (primary N) is 1. The maximum atomic E-state index is 13.5. The fourth-order valence-electron chi connectivity index (χ4n) is 6.54. The Hall–Kier alpha value is -4.63. The lowest BCUT2D eigenvalue weighted by Crippen LogP contribution is -2.14. The van der Waals surface area contributed by atoms with Crippen molar-refractivity contribution in [1.82, 2.24) is 0 Å². The van der Waals surface area contributed by atoms with Crippen LogP contribution in [0.3, 0.4) is 0 Å². The Morgan fingerprint density at radius 2 is 1.36 bits per heavy atom. The lowest BCUT2D eigenvalue weighted by Gasteiger charge is -2.25. The molecule has 6 rings (SSSR count). The molecule has 0 radical (unpaired) electrons. The number of methoxy groups -OCH3 is 3. The van der Waals surface area contributed by atoms with Crippen molar-refractivity contribution in [3.8, 4) is 28.7 Å². The van der Waals surface area contributed by atoms with E-state index in [4.69, 9.17) is 19.9 Å². The molecule has 198 valence electrons. The van der Waals surface area contributed by atoms with Gasteiger partial charge in [0, 0.05) is 51.3 Å². The van der Waals surface area contributed by atoms with Crippen LogP contribution in [-0.4, -0.2) is 37.3 Å². The Kier molecular flexibility index (Phi) is 5.18. The number of carbonyl (C=O) groups excluding carboxylic acids is 1. The van der Waals surface area contributed by atoms with Crippen molar-refractivity contribution in [2.75, 3.05) is 21.3 Å². The number of ether oxygens (including phenoxy) is 3. The lowest BCUT2D eigenvalue weighted by molar-refractivity contribution is -0.117. The molecule has 0 aromatic heterocycles. The second-order valence-corrected chi connectivity index (χ2v) is 9.83. The Bertz CT molecular complexity index is 2060. The number of hydrogen-bond acceptors (Lipinski definition) is 9.